The molecule has 0 saturated heterocycles. The highest BCUT2D eigenvalue weighted by Crippen LogP contribution is 2.62. The van der Waals surface area contributed by atoms with Gasteiger partial charge in [0.1, 0.15) is 0 Å². The van der Waals surface area contributed by atoms with Crippen molar-refractivity contribution < 1.29 is 114 Å². The van der Waals surface area contributed by atoms with Crippen LogP contribution in [0.4, 0.5) is 114 Å². The molecule has 0 aromatic heterocycles. The average molecular weight is 782 g/mol. The van der Waals surface area contributed by atoms with E-state index in [1.54, 1.807) is 0 Å². The minimum Gasteiger partial charge on any atom is -0.200 e. The Kier molecular flexibility index (Phi) is 12.6. The fourth-order valence-corrected chi connectivity index (χ4v) is 3.84. The molecular formula is C20H16F26S. The highest BCUT2D eigenvalue weighted by molar-refractivity contribution is 7.80. The number of hydrogen-bond acceptors (Lipinski definition) is 1. The van der Waals surface area contributed by atoms with E-state index < -0.39 is 122 Å². The van der Waals surface area contributed by atoms with Crippen LogP contribution < -0.4 is 0 Å². The molecule has 0 spiro atoms. The molecule has 0 aromatic rings. The molecule has 47 heavy (non-hydrogen) atoms. The minimum absolute atomic E-state index is 0.845. The van der Waals surface area contributed by atoms with Crippen molar-refractivity contribution in [2.24, 2.45) is 5.92 Å². The first-order valence-electron chi connectivity index (χ1n) is 11.7. The van der Waals surface area contributed by atoms with Gasteiger partial charge in [0.2, 0.25) is 0 Å². The fraction of sp³-hybridized carbons (Fsp3) is 1.00. The Morgan fingerprint density at radius 1 is 0.319 bits per heavy atom. The Bertz CT molecular complexity index is 956. The monoisotopic (exact) mass is 782 g/mol. The molecule has 0 nitrogen and oxygen atoms in total. The Morgan fingerprint density at radius 3 is 0.723 bits per heavy atom. The van der Waals surface area contributed by atoms with Crippen LogP contribution in [0.2, 0.25) is 0 Å². The maximum Gasteiger partial charge on any atom is 0.460 e. The zero-order valence-corrected chi connectivity index (χ0v) is 22.7. The summed E-state index contributed by atoms with van der Waals surface area (Å²) < 4.78 is 341. The molecule has 0 aliphatic carbocycles. The molecule has 0 fully saturated rings. The molecule has 0 radical (unpaired) electrons. The quantitative estimate of drug-likeness (QED) is 0.110. The first kappa shape index (κ1) is 45.5. The summed E-state index contributed by atoms with van der Waals surface area (Å²) in [6.45, 7) is 0. The van der Waals surface area contributed by atoms with Gasteiger partial charge in [-0.1, -0.05) is 0 Å². The van der Waals surface area contributed by atoms with Crippen LogP contribution in [0, 0.1) is 5.92 Å². The van der Waals surface area contributed by atoms with E-state index in [-0.39, 0.29) is 0 Å². The van der Waals surface area contributed by atoms with Crippen molar-refractivity contribution in [2.75, 3.05) is 5.75 Å². The molecule has 0 aliphatic heterocycles. The topological polar surface area (TPSA) is 0 Å². The van der Waals surface area contributed by atoms with E-state index in [2.05, 4.69) is 12.6 Å². The van der Waals surface area contributed by atoms with Gasteiger partial charge in [-0.25, -0.2) is 0 Å². The van der Waals surface area contributed by atoms with E-state index in [1.165, 1.54) is 0 Å². The third-order valence-electron chi connectivity index (χ3n) is 6.46. The van der Waals surface area contributed by atoms with Crippen LogP contribution in [0.1, 0.15) is 38.5 Å². The predicted molar refractivity (Wildman–Crippen MR) is 107 cm³/mol. The van der Waals surface area contributed by atoms with Crippen molar-refractivity contribution in [2.45, 2.75) is 110 Å². The first-order valence-corrected chi connectivity index (χ1v) is 12.3. The first-order chi connectivity index (χ1) is 20.1. The van der Waals surface area contributed by atoms with Crippen LogP contribution in [0.3, 0.4) is 0 Å². The van der Waals surface area contributed by atoms with Crippen LogP contribution in [-0.4, -0.2) is 77.3 Å². The fourth-order valence-electron chi connectivity index (χ4n) is 3.47. The van der Waals surface area contributed by atoms with E-state index in [4.69, 9.17) is 0 Å². The van der Waals surface area contributed by atoms with Gasteiger partial charge in [0.15, 0.2) is 0 Å². The number of alkyl halides is 26. The lowest BCUT2D eigenvalue weighted by Gasteiger charge is -2.40. The standard InChI is InChI=1S/C20H16F26S/c21-9(22,11(25,26)13(29,30)15(33,34)17(37,38)19(41,42)43)5-1-3-8(7-47)4-2-6-10(23,24)12(27,28)14(31,32)16(35,36)18(39,40)20(44,45)46/h8,47H,1-7H2. The van der Waals surface area contributed by atoms with Crippen molar-refractivity contribution in [1.29, 1.82) is 0 Å². The van der Waals surface area contributed by atoms with E-state index in [0.717, 1.165) is 0 Å². The molecule has 0 aromatic carbocycles. The third kappa shape index (κ3) is 7.37. The van der Waals surface area contributed by atoms with Crippen molar-refractivity contribution in [3.8, 4) is 0 Å². The molecule has 284 valence electrons. The SMILES string of the molecule is FC(F)(F)C(F)(F)C(F)(F)C(F)(F)C(F)(F)C(F)(F)CCCC(CS)CCCC(F)(F)C(F)(F)C(F)(F)C(F)(F)C(F)(F)C(F)(F)F. The smallest absolute Gasteiger partial charge is 0.200 e. The van der Waals surface area contributed by atoms with Crippen LogP contribution in [0.5, 0.6) is 0 Å². The Hall–Kier alpha value is -1.47. The lowest BCUT2D eigenvalue weighted by molar-refractivity contribution is -0.440. The summed E-state index contributed by atoms with van der Waals surface area (Å²) in [5.41, 5.74) is 0. The van der Waals surface area contributed by atoms with Gasteiger partial charge in [-0.3, -0.25) is 0 Å². The maximum absolute atomic E-state index is 13.8. The Labute approximate surface area is 249 Å². The van der Waals surface area contributed by atoms with Crippen LogP contribution >= 0.6 is 12.6 Å². The molecule has 0 aliphatic rings. The number of halogens is 26. The van der Waals surface area contributed by atoms with Gasteiger partial charge < -0.3 is 0 Å². The molecule has 0 saturated carbocycles. The van der Waals surface area contributed by atoms with Gasteiger partial charge in [0.25, 0.3) is 0 Å². The number of thiol groups is 1. The lowest BCUT2D eigenvalue weighted by atomic mass is 9.88. The summed E-state index contributed by atoms with van der Waals surface area (Å²) in [6, 6.07) is 0. The summed E-state index contributed by atoms with van der Waals surface area (Å²) in [7, 11) is 0. The Morgan fingerprint density at radius 2 is 0.532 bits per heavy atom. The van der Waals surface area contributed by atoms with E-state index in [1.807, 2.05) is 0 Å². The van der Waals surface area contributed by atoms with Crippen molar-refractivity contribution >= 4 is 12.6 Å². The Balaban J connectivity index is 5.76. The summed E-state index contributed by atoms with van der Waals surface area (Å²) in [4.78, 5) is 0. The second-order valence-electron chi connectivity index (χ2n) is 9.83. The van der Waals surface area contributed by atoms with Crippen LogP contribution in [0.25, 0.3) is 0 Å². The van der Waals surface area contributed by atoms with Gasteiger partial charge in [-0.2, -0.15) is 127 Å². The second kappa shape index (κ2) is 13.0. The molecule has 0 amide bonds. The molecular weight excluding hydrogens is 766 g/mol. The normalized spacial score (nSPS) is 16.3. The summed E-state index contributed by atoms with van der Waals surface area (Å²) >= 11 is 3.42. The van der Waals surface area contributed by atoms with E-state index in [9.17, 15) is 114 Å². The predicted octanol–water partition coefficient (Wildman–Crippen LogP) is 11.4. The molecule has 0 rings (SSSR count). The maximum atomic E-state index is 13.8. The zero-order chi connectivity index (χ0) is 38.5. The van der Waals surface area contributed by atoms with Gasteiger partial charge in [0.05, 0.1) is 0 Å². The number of rotatable bonds is 17. The van der Waals surface area contributed by atoms with Crippen molar-refractivity contribution in [3.05, 3.63) is 0 Å². The van der Waals surface area contributed by atoms with Gasteiger partial charge in [-0.05, 0) is 37.4 Å². The molecule has 0 bridgehead atoms. The van der Waals surface area contributed by atoms with Gasteiger partial charge in [-0.15, -0.1) is 0 Å². The molecule has 0 atom stereocenters. The zero-order valence-electron chi connectivity index (χ0n) is 21.8. The lowest BCUT2D eigenvalue weighted by Crippen LogP contribution is -2.70. The highest BCUT2D eigenvalue weighted by atomic mass is 32.1. The van der Waals surface area contributed by atoms with E-state index >= 15 is 0 Å². The molecule has 0 heterocycles. The van der Waals surface area contributed by atoms with Crippen molar-refractivity contribution in [1.82, 2.24) is 0 Å². The van der Waals surface area contributed by atoms with Crippen LogP contribution in [0.15, 0.2) is 0 Å². The van der Waals surface area contributed by atoms with Crippen LogP contribution in [-0.2, 0) is 0 Å². The highest BCUT2D eigenvalue weighted by Gasteiger charge is 2.91. The second-order valence-corrected chi connectivity index (χ2v) is 10.2. The van der Waals surface area contributed by atoms with Gasteiger partial charge in [0, 0.05) is 12.8 Å². The van der Waals surface area contributed by atoms with E-state index in [0.29, 0.717) is 0 Å². The molecule has 27 heteroatoms. The molecule has 0 unspecified atom stereocenters. The summed E-state index contributed by atoms with van der Waals surface area (Å²) in [5, 5.41) is 0. The summed E-state index contributed by atoms with van der Waals surface area (Å²) in [6.07, 6.45) is -26.6. The molecule has 0 N–H and O–H groups in total. The van der Waals surface area contributed by atoms with Gasteiger partial charge >= 0.3 is 71.6 Å². The minimum atomic E-state index is -8.20. The van der Waals surface area contributed by atoms with Crippen molar-refractivity contribution in [3.63, 3.8) is 0 Å². The average Bonchev–Trinajstić information content (AvgIpc) is 2.85. The third-order valence-corrected chi connectivity index (χ3v) is 6.98. The largest absolute Gasteiger partial charge is 0.460 e. The summed E-state index contributed by atoms with van der Waals surface area (Å²) in [5.74, 6) is -79.6. The number of hydrogen-bond donors (Lipinski definition) is 1.